The fourth-order valence-corrected chi connectivity index (χ4v) is 2.50. The summed E-state index contributed by atoms with van der Waals surface area (Å²) in [6.45, 7) is 4.43. The van der Waals surface area contributed by atoms with Crippen LogP contribution in [0.2, 0.25) is 0 Å². The van der Waals surface area contributed by atoms with Gasteiger partial charge in [-0.1, -0.05) is 0 Å². The summed E-state index contributed by atoms with van der Waals surface area (Å²) in [5.41, 5.74) is 0.183. The summed E-state index contributed by atoms with van der Waals surface area (Å²) < 4.78 is 30.2. The van der Waals surface area contributed by atoms with Gasteiger partial charge < -0.3 is 9.64 Å². The van der Waals surface area contributed by atoms with E-state index in [1.807, 2.05) is 13.8 Å². The Morgan fingerprint density at radius 3 is 2.14 bits per heavy atom. The largest absolute Gasteiger partial charge is 0.452 e. The van der Waals surface area contributed by atoms with Crippen LogP contribution in [0, 0.1) is 0 Å². The van der Waals surface area contributed by atoms with Gasteiger partial charge in [-0.2, -0.15) is 0 Å². The molecule has 0 radical (unpaired) electrons. The van der Waals surface area contributed by atoms with Crippen LogP contribution in [-0.4, -0.2) is 51.9 Å². The molecule has 7 nitrogen and oxygen atoms in total. The Labute approximate surface area is 130 Å². The van der Waals surface area contributed by atoms with E-state index in [0.29, 0.717) is 13.1 Å². The standard InChI is InChI=1S/C14H20N2O5S/c1-4-16(5-2)13(17)10-21-14(18)11-6-8-12(9-7-11)22(19,20)15-3/h6-9,15H,4-5,10H2,1-3H3. The van der Waals surface area contributed by atoms with Gasteiger partial charge in [0.05, 0.1) is 10.5 Å². The Hall–Kier alpha value is -1.93. The summed E-state index contributed by atoms with van der Waals surface area (Å²) in [6.07, 6.45) is 0. The maximum atomic E-state index is 11.8. The van der Waals surface area contributed by atoms with E-state index in [0.717, 1.165) is 0 Å². The number of nitrogens with zero attached hydrogens (tertiary/aromatic N) is 1. The number of esters is 1. The summed E-state index contributed by atoms with van der Waals surface area (Å²) in [6, 6.07) is 5.28. The number of nitrogens with one attached hydrogen (secondary N) is 1. The Balaban J connectivity index is 2.69. The third kappa shape index (κ3) is 4.54. The van der Waals surface area contributed by atoms with E-state index in [-0.39, 0.29) is 23.0 Å². The zero-order chi connectivity index (χ0) is 16.8. The molecule has 1 amide bonds. The average molecular weight is 328 g/mol. The summed E-state index contributed by atoms with van der Waals surface area (Å²) in [5.74, 6) is -0.943. The Kier molecular flexibility index (Phi) is 6.51. The number of rotatable bonds is 7. The first kappa shape index (κ1) is 18.1. The molecule has 8 heteroatoms. The van der Waals surface area contributed by atoms with Crippen LogP contribution in [-0.2, 0) is 19.6 Å². The fourth-order valence-electron chi connectivity index (χ4n) is 1.77. The Morgan fingerprint density at radius 1 is 1.14 bits per heavy atom. The lowest BCUT2D eigenvalue weighted by Gasteiger charge is -2.18. The van der Waals surface area contributed by atoms with Crippen LogP contribution in [0.5, 0.6) is 0 Å². The van der Waals surface area contributed by atoms with Crippen molar-refractivity contribution in [3.05, 3.63) is 29.8 Å². The zero-order valence-corrected chi connectivity index (χ0v) is 13.6. The molecule has 0 saturated carbocycles. The van der Waals surface area contributed by atoms with E-state index in [4.69, 9.17) is 4.74 Å². The number of amides is 1. The molecule has 1 N–H and O–H groups in total. The van der Waals surface area contributed by atoms with Gasteiger partial charge in [0.25, 0.3) is 5.91 Å². The summed E-state index contributed by atoms with van der Waals surface area (Å²) in [5, 5.41) is 0. The van der Waals surface area contributed by atoms with E-state index in [2.05, 4.69) is 4.72 Å². The number of hydrogen-bond donors (Lipinski definition) is 1. The molecule has 0 heterocycles. The maximum absolute atomic E-state index is 11.8. The second kappa shape index (κ2) is 7.90. The molecular formula is C14H20N2O5S. The average Bonchev–Trinajstić information content (AvgIpc) is 2.53. The number of carbonyl (C=O) groups excluding carboxylic acids is 2. The van der Waals surface area contributed by atoms with E-state index in [1.54, 1.807) is 4.90 Å². The van der Waals surface area contributed by atoms with Gasteiger partial charge in [-0.05, 0) is 45.2 Å². The number of sulfonamides is 1. The predicted molar refractivity (Wildman–Crippen MR) is 80.9 cm³/mol. The molecule has 0 aliphatic carbocycles. The molecule has 1 rings (SSSR count). The zero-order valence-electron chi connectivity index (χ0n) is 12.8. The maximum Gasteiger partial charge on any atom is 0.338 e. The number of carbonyl (C=O) groups is 2. The third-order valence-electron chi connectivity index (χ3n) is 3.11. The topological polar surface area (TPSA) is 92.8 Å². The quantitative estimate of drug-likeness (QED) is 0.741. The minimum Gasteiger partial charge on any atom is -0.452 e. The minimum absolute atomic E-state index is 0.0470. The van der Waals surface area contributed by atoms with Crippen molar-refractivity contribution >= 4 is 21.9 Å². The first-order valence-corrected chi connectivity index (χ1v) is 8.32. The number of hydrogen-bond acceptors (Lipinski definition) is 5. The SMILES string of the molecule is CCN(CC)C(=O)COC(=O)c1ccc(S(=O)(=O)NC)cc1. The summed E-state index contributed by atoms with van der Waals surface area (Å²) in [4.78, 5) is 25.1. The van der Waals surface area contributed by atoms with Gasteiger partial charge in [-0.15, -0.1) is 0 Å². The van der Waals surface area contributed by atoms with E-state index in [9.17, 15) is 18.0 Å². The molecule has 0 atom stereocenters. The molecule has 0 fully saturated rings. The number of benzene rings is 1. The second-order valence-electron chi connectivity index (χ2n) is 4.37. The van der Waals surface area contributed by atoms with Gasteiger partial charge in [-0.25, -0.2) is 17.9 Å². The van der Waals surface area contributed by atoms with Crippen molar-refractivity contribution < 1.29 is 22.7 Å². The molecule has 0 bridgehead atoms. The lowest BCUT2D eigenvalue weighted by molar-refractivity contribution is -0.134. The van der Waals surface area contributed by atoms with Crippen molar-refractivity contribution in [2.75, 3.05) is 26.7 Å². The monoisotopic (exact) mass is 328 g/mol. The summed E-state index contributed by atoms with van der Waals surface area (Å²) >= 11 is 0. The molecule has 22 heavy (non-hydrogen) atoms. The van der Waals surface area contributed by atoms with Gasteiger partial charge in [-0.3, -0.25) is 4.79 Å². The first-order chi connectivity index (χ1) is 10.4. The van der Waals surface area contributed by atoms with Crippen LogP contribution in [0.3, 0.4) is 0 Å². The molecule has 0 saturated heterocycles. The molecule has 0 unspecified atom stereocenters. The Morgan fingerprint density at radius 2 is 1.68 bits per heavy atom. The highest BCUT2D eigenvalue weighted by Gasteiger charge is 2.16. The lowest BCUT2D eigenvalue weighted by atomic mass is 10.2. The van der Waals surface area contributed by atoms with Gasteiger partial charge in [0.15, 0.2) is 6.61 Å². The van der Waals surface area contributed by atoms with Crippen molar-refractivity contribution in [3.63, 3.8) is 0 Å². The molecule has 122 valence electrons. The molecule has 1 aromatic rings. The molecular weight excluding hydrogens is 308 g/mol. The third-order valence-corrected chi connectivity index (χ3v) is 4.54. The normalized spacial score (nSPS) is 11.0. The van der Waals surface area contributed by atoms with Crippen LogP contribution in [0.15, 0.2) is 29.2 Å². The van der Waals surface area contributed by atoms with Gasteiger partial charge in [0, 0.05) is 13.1 Å². The summed E-state index contributed by atoms with van der Waals surface area (Å²) in [7, 11) is -2.25. The molecule has 0 aliphatic rings. The highest BCUT2D eigenvalue weighted by molar-refractivity contribution is 7.89. The van der Waals surface area contributed by atoms with E-state index < -0.39 is 16.0 Å². The smallest absolute Gasteiger partial charge is 0.338 e. The van der Waals surface area contributed by atoms with Crippen molar-refractivity contribution in [1.82, 2.24) is 9.62 Å². The molecule has 1 aromatic carbocycles. The van der Waals surface area contributed by atoms with Crippen LogP contribution in [0.25, 0.3) is 0 Å². The van der Waals surface area contributed by atoms with Crippen molar-refractivity contribution in [2.24, 2.45) is 0 Å². The lowest BCUT2D eigenvalue weighted by Crippen LogP contribution is -2.34. The van der Waals surface area contributed by atoms with Gasteiger partial charge in [0.2, 0.25) is 10.0 Å². The van der Waals surface area contributed by atoms with E-state index in [1.165, 1.54) is 31.3 Å². The minimum atomic E-state index is -3.55. The van der Waals surface area contributed by atoms with Crippen molar-refractivity contribution in [2.45, 2.75) is 18.7 Å². The molecule has 0 spiro atoms. The number of likely N-dealkylation sites (N-methyl/N-ethyl adjacent to an activating group) is 1. The van der Waals surface area contributed by atoms with E-state index >= 15 is 0 Å². The Bertz CT molecular complexity index is 621. The van der Waals surface area contributed by atoms with Crippen LogP contribution < -0.4 is 4.72 Å². The molecule has 0 aromatic heterocycles. The van der Waals surface area contributed by atoms with Crippen molar-refractivity contribution in [1.29, 1.82) is 0 Å². The van der Waals surface area contributed by atoms with Crippen LogP contribution >= 0.6 is 0 Å². The number of ether oxygens (including phenoxy) is 1. The predicted octanol–water partition coefficient (Wildman–Crippen LogP) is 0.620. The molecule has 0 aliphatic heterocycles. The highest BCUT2D eigenvalue weighted by Crippen LogP contribution is 2.11. The fraction of sp³-hybridized carbons (Fsp3) is 0.429. The first-order valence-electron chi connectivity index (χ1n) is 6.84. The van der Waals surface area contributed by atoms with Crippen LogP contribution in [0.4, 0.5) is 0 Å². The van der Waals surface area contributed by atoms with Gasteiger partial charge in [0.1, 0.15) is 0 Å². The second-order valence-corrected chi connectivity index (χ2v) is 6.26. The highest BCUT2D eigenvalue weighted by atomic mass is 32.2. The van der Waals surface area contributed by atoms with Crippen LogP contribution in [0.1, 0.15) is 24.2 Å². The van der Waals surface area contributed by atoms with Crippen molar-refractivity contribution in [3.8, 4) is 0 Å². The van der Waals surface area contributed by atoms with Gasteiger partial charge >= 0.3 is 5.97 Å².